The molecule has 0 spiro atoms. The Bertz CT molecular complexity index is 747. The van der Waals surface area contributed by atoms with Crippen LogP contribution in [-0.2, 0) is 4.79 Å². The van der Waals surface area contributed by atoms with E-state index in [1.807, 2.05) is 4.90 Å². The van der Waals surface area contributed by atoms with Crippen LogP contribution in [-0.4, -0.2) is 29.6 Å². The Morgan fingerprint density at radius 2 is 1.71 bits per heavy atom. The summed E-state index contributed by atoms with van der Waals surface area (Å²) in [5.74, 6) is -1.07. The Morgan fingerprint density at radius 3 is 2.21 bits per heavy atom. The summed E-state index contributed by atoms with van der Waals surface area (Å²) in [5.41, 5.74) is 3.23. The predicted octanol–water partition coefficient (Wildman–Crippen LogP) is 1.97. The van der Waals surface area contributed by atoms with Crippen molar-refractivity contribution in [2.24, 2.45) is 0 Å². The zero-order valence-electron chi connectivity index (χ0n) is 12.7. The average Bonchev–Trinajstić information content (AvgIpc) is 3.02. The fraction of sp³-hybridized carbons (Fsp3) is 0.176. The van der Waals surface area contributed by atoms with Crippen molar-refractivity contribution in [3.8, 4) is 0 Å². The number of nitrogens with zero attached hydrogens (tertiary/aromatic N) is 1. The highest BCUT2D eigenvalue weighted by molar-refractivity contribution is 5.94. The second-order valence-electron chi connectivity index (χ2n) is 5.43. The number of carbonyl (C=O) groups is 2. The average molecular weight is 329 g/mol. The minimum absolute atomic E-state index is 0.100. The Morgan fingerprint density at radius 1 is 1.12 bits per heavy atom. The van der Waals surface area contributed by atoms with Crippen LogP contribution in [0, 0.1) is 5.82 Å². The normalized spacial score (nSPS) is 16.6. The van der Waals surface area contributed by atoms with Crippen LogP contribution in [0.25, 0.3) is 0 Å². The number of halogens is 1. The number of anilines is 2. The maximum absolute atomic E-state index is 13.2. The molecule has 6 nitrogen and oxygen atoms in total. The van der Waals surface area contributed by atoms with E-state index in [0.717, 1.165) is 0 Å². The Balaban J connectivity index is 1.99. The van der Waals surface area contributed by atoms with Gasteiger partial charge in [-0.15, -0.1) is 0 Å². The van der Waals surface area contributed by atoms with Crippen molar-refractivity contribution >= 4 is 23.2 Å². The van der Waals surface area contributed by atoms with Gasteiger partial charge in [-0.25, -0.2) is 9.87 Å². The van der Waals surface area contributed by atoms with Crippen molar-refractivity contribution in [2.75, 3.05) is 11.4 Å². The molecule has 3 N–H and O–H groups in total. The summed E-state index contributed by atoms with van der Waals surface area (Å²) in [5, 5.41) is 11.5. The van der Waals surface area contributed by atoms with Crippen molar-refractivity contribution < 1.29 is 19.2 Å². The number of hydrogen-bond donors (Lipinski definition) is 3. The molecule has 0 radical (unpaired) electrons. The van der Waals surface area contributed by atoms with Gasteiger partial charge in [0.05, 0.1) is 0 Å². The van der Waals surface area contributed by atoms with Gasteiger partial charge in [-0.3, -0.25) is 14.8 Å². The van der Waals surface area contributed by atoms with Gasteiger partial charge in [0.25, 0.3) is 5.91 Å². The van der Waals surface area contributed by atoms with Crippen LogP contribution in [0.15, 0.2) is 48.5 Å². The highest BCUT2D eigenvalue weighted by atomic mass is 19.1. The predicted molar refractivity (Wildman–Crippen MR) is 85.6 cm³/mol. The topological polar surface area (TPSA) is 81.7 Å². The lowest BCUT2D eigenvalue weighted by molar-refractivity contribution is -0.120. The smallest absolute Gasteiger partial charge is 0.274 e. The van der Waals surface area contributed by atoms with E-state index in [2.05, 4.69) is 5.32 Å². The molecule has 7 heteroatoms. The SMILES string of the molecule is O=C(NO)c1ccc(N(c2ccc(F)cc2)C2CCNC2=O)cc1. The van der Waals surface area contributed by atoms with Gasteiger partial charge in [0.2, 0.25) is 5.91 Å². The van der Waals surface area contributed by atoms with E-state index < -0.39 is 11.9 Å². The molecule has 0 bridgehead atoms. The third-order valence-corrected chi connectivity index (χ3v) is 3.95. The van der Waals surface area contributed by atoms with Crippen LogP contribution in [0.2, 0.25) is 0 Å². The molecule has 1 saturated heterocycles. The lowest BCUT2D eigenvalue weighted by Crippen LogP contribution is -2.37. The van der Waals surface area contributed by atoms with Gasteiger partial charge in [-0.05, 0) is 55.0 Å². The van der Waals surface area contributed by atoms with Gasteiger partial charge >= 0.3 is 0 Å². The molecule has 124 valence electrons. The molecule has 1 aliphatic rings. The van der Waals surface area contributed by atoms with Crippen LogP contribution in [0.3, 0.4) is 0 Å². The molecule has 2 amide bonds. The monoisotopic (exact) mass is 329 g/mol. The number of rotatable bonds is 4. The lowest BCUT2D eigenvalue weighted by atomic mass is 10.1. The highest BCUT2D eigenvalue weighted by Crippen LogP contribution is 2.30. The second kappa shape index (κ2) is 6.67. The van der Waals surface area contributed by atoms with E-state index in [1.54, 1.807) is 41.9 Å². The summed E-state index contributed by atoms with van der Waals surface area (Å²) in [6, 6.07) is 11.9. The Hall–Kier alpha value is -2.93. The number of carbonyl (C=O) groups excluding carboxylic acids is 2. The van der Waals surface area contributed by atoms with Crippen molar-refractivity contribution in [1.29, 1.82) is 0 Å². The van der Waals surface area contributed by atoms with Crippen LogP contribution >= 0.6 is 0 Å². The summed E-state index contributed by atoms with van der Waals surface area (Å²) in [6.07, 6.45) is 0.620. The largest absolute Gasteiger partial charge is 0.354 e. The molecule has 3 rings (SSSR count). The molecular formula is C17H16FN3O3. The zero-order chi connectivity index (χ0) is 17.1. The van der Waals surface area contributed by atoms with Crippen molar-refractivity contribution in [2.45, 2.75) is 12.5 Å². The van der Waals surface area contributed by atoms with E-state index in [0.29, 0.717) is 24.3 Å². The molecule has 1 heterocycles. The van der Waals surface area contributed by atoms with Crippen molar-refractivity contribution in [3.05, 3.63) is 59.9 Å². The molecular weight excluding hydrogens is 313 g/mol. The second-order valence-corrected chi connectivity index (χ2v) is 5.43. The number of amides is 2. The molecule has 2 aromatic rings. The molecule has 1 aliphatic heterocycles. The fourth-order valence-electron chi connectivity index (χ4n) is 2.78. The number of nitrogens with one attached hydrogen (secondary N) is 2. The van der Waals surface area contributed by atoms with Crippen LogP contribution < -0.4 is 15.7 Å². The van der Waals surface area contributed by atoms with Crippen molar-refractivity contribution in [1.82, 2.24) is 10.8 Å². The first kappa shape index (κ1) is 15.9. The Kier molecular flexibility index (Phi) is 4.43. The molecule has 1 fully saturated rings. The van der Waals surface area contributed by atoms with Gasteiger partial charge in [0, 0.05) is 23.5 Å². The molecule has 0 saturated carbocycles. The van der Waals surface area contributed by atoms with E-state index >= 15 is 0 Å². The number of hydroxylamine groups is 1. The van der Waals surface area contributed by atoms with Gasteiger partial charge in [-0.2, -0.15) is 0 Å². The molecule has 0 aliphatic carbocycles. The number of benzene rings is 2. The quantitative estimate of drug-likeness (QED) is 0.592. The molecule has 2 aromatic carbocycles. The first-order valence-electron chi connectivity index (χ1n) is 7.47. The van der Waals surface area contributed by atoms with Crippen molar-refractivity contribution in [3.63, 3.8) is 0 Å². The summed E-state index contributed by atoms with van der Waals surface area (Å²) in [7, 11) is 0. The van der Waals surface area contributed by atoms with Crippen LogP contribution in [0.5, 0.6) is 0 Å². The molecule has 24 heavy (non-hydrogen) atoms. The first-order valence-corrected chi connectivity index (χ1v) is 7.47. The maximum atomic E-state index is 13.2. The first-order chi connectivity index (χ1) is 11.6. The molecule has 1 atom stereocenters. The maximum Gasteiger partial charge on any atom is 0.274 e. The molecule has 1 unspecified atom stereocenters. The van der Waals surface area contributed by atoms with Gasteiger partial charge in [0.15, 0.2) is 0 Å². The fourth-order valence-corrected chi connectivity index (χ4v) is 2.78. The van der Waals surface area contributed by atoms with E-state index in [4.69, 9.17) is 5.21 Å². The highest BCUT2D eigenvalue weighted by Gasteiger charge is 2.31. The third-order valence-electron chi connectivity index (χ3n) is 3.95. The minimum atomic E-state index is -0.617. The molecule has 0 aromatic heterocycles. The van der Waals surface area contributed by atoms with Gasteiger partial charge in [-0.1, -0.05) is 0 Å². The summed E-state index contributed by atoms with van der Waals surface area (Å²) >= 11 is 0. The summed E-state index contributed by atoms with van der Waals surface area (Å²) in [4.78, 5) is 25.4. The van der Waals surface area contributed by atoms with E-state index in [-0.39, 0.29) is 17.3 Å². The van der Waals surface area contributed by atoms with E-state index in [9.17, 15) is 14.0 Å². The standard InChI is InChI=1S/C17H16FN3O3/c18-12-3-7-14(8-4-12)21(15-9-10-19-17(15)23)13-5-1-11(2-6-13)16(22)20-24/h1-8,15,24H,9-10H2,(H,19,23)(H,20,22). The van der Waals surface area contributed by atoms with Crippen LogP contribution in [0.4, 0.5) is 15.8 Å². The third kappa shape index (κ3) is 3.07. The zero-order valence-corrected chi connectivity index (χ0v) is 12.7. The minimum Gasteiger partial charge on any atom is -0.354 e. The van der Waals surface area contributed by atoms with Gasteiger partial charge < -0.3 is 10.2 Å². The van der Waals surface area contributed by atoms with E-state index in [1.165, 1.54) is 12.1 Å². The number of hydrogen-bond acceptors (Lipinski definition) is 4. The van der Waals surface area contributed by atoms with Gasteiger partial charge in [0.1, 0.15) is 11.9 Å². The summed E-state index contributed by atoms with van der Waals surface area (Å²) < 4.78 is 13.2. The lowest BCUT2D eigenvalue weighted by Gasteiger charge is -2.29. The van der Waals surface area contributed by atoms with Crippen LogP contribution in [0.1, 0.15) is 16.8 Å². The summed E-state index contributed by atoms with van der Waals surface area (Å²) in [6.45, 7) is 0.576. The Labute approximate surface area is 137 Å².